The van der Waals surface area contributed by atoms with Crippen molar-refractivity contribution in [2.45, 2.75) is 52.2 Å². The Morgan fingerprint density at radius 1 is 1.03 bits per heavy atom. The lowest BCUT2D eigenvalue weighted by atomic mass is 9.80. The van der Waals surface area contributed by atoms with Gasteiger partial charge in [0.1, 0.15) is 10.6 Å². The lowest BCUT2D eigenvalue weighted by Gasteiger charge is -2.29. The van der Waals surface area contributed by atoms with Gasteiger partial charge in [-0.1, -0.05) is 36.4 Å². The normalized spacial score (nSPS) is 14.1. The molecule has 0 spiro atoms. The number of amides is 2. The van der Waals surface area contributed by atoms with Gasteiger partial charge in [-0.2, -0.15) is 0 Å². The molecule has 2 aromatic carbocycles. The number of fused-ring (bicyclic) bond motifs is 1. The van der Waals surface area contributed by atoms with Crippen molar-refractivity contribution in [3.05, 3.63) is 70.0 Å². The lowest BCUT2D eigenvalue weighted by molar-refractivity contribution is -0.160. The van der Waals surface area contributed by atoms with Crippen molar-refractivity contribution in [1.82, 2.24) is 15.2 Å². The van der Waals surface area contributed by atoms with Gasteiger partial charge < -0.3 is 20.3 Å². The van der Waals surface area contributed by atoms with E-state index in [1.165, 1.54) is 11.3 Å². The molecule has 8 nitrogen and oxygen atoms in total. The van der Waals surface area contributed by atoms with Gasteiger partial charge in [-0.25, -0.2) is 4.98 Å². The van der Waals surface area contributed by atoms with Crippen LogP contribution in [0.5, 0.6) is 0 Å². The fourth-order valence-corrected chi connectivity index (χ4v) is 5.54. The molecule has 0 bridgehead atoms. The smallest absolute Gasteiger partial charge is 0.307 e. The lowest BCUT2D eigenvalue weighted by Crippen LogP contribution is -2.44. The van der Waals surface area contributed by atoms with Crippen LogP contribution in [0.2, 0.25) is 0 Å². The Morgan fingerprint density at radius 3 is 2.26 bits per heavy atom. The Labute approximate surface area is 233 Å². The van der Waals surface area contributed by atoms with E-state index in [4.69, 9.17) is 9.72 Å². The third kappa shape index (κ3) is 7.52. The summed E-state index contributed by atoms with van der Waals surface area (Å²) in [5.74, 6) is -0.614. The number of ether oxygens (including phenoxy) is 1. The molecule has 2 amide bonds. The van der Waals surface area contributed by atoms with Crippen LogP contribution in [-0.2, 0) is 38.5 Å². The van der Waals surface area contributed by atoms with E-state index in [9.17, 15) is 14.4 Å². The number of likely N-dealkylation sites (N-methyl/N-ethyl adjacent to an activating group) is 1. The Kier molecular flexibility index (Phi) is 8.51. The monoisotopic (exact) mass is 548 g/mol. The fourth-order valence-electron chi connectivity index (χ4n) is 4.79. The maximum absolute atomic E-state index is 13.6. The molecular weight excluding hydrogens is 512 g/mol. The molecular formula is C30H36N4O4S. The number of nitrogens with zero attached hydrogens (tertiary/aromatic N) is 2. The number of anilines is 1. The summed E-state index contributed by atoms with van der Waals surface area (Å²) < 4.78 is 5.58. The molecule has 0 saturated heterocycles. The average molecular weight is 549 g/mol. The van der Waals surface area contributed by atoms with Crippen LogP contribution >= 0.6 is 11.3 Å². The molecule has 3 aromatic rings. The zero-order valence-electron chi connectivity index (χ0n) is 23.2. The largest absolute Gasteiger partial charge is 0.460 e. The highest BCUT2D eigenvalue weighted by Gasteiger charge is 2.46. The molecule has 1 heterocycles. The number of aromatic nitrogens is 1. The zero-order valence-corrected chi connectivity index (χ0v) is 24.0. The number of hydrogen-bond acceptors (Lipinski definition) is 7. The number of rotatable bonds is 9. The van der Waals surface area contributed by atoms with Gasteiger partial charge in [0.15, 0.2) is 0 Å². The molecule has 39 heavy (non-hydrogen) atoms. The second-order valence-corrected chi connectivity index (χ2v) is 12.3. The van der Waals surface area contributed by atoms with Crippen LogP contribution in [0.15, 0.2) is 53.9 Å². The summed E-state index contributed by atoms with van der Waals surface area (Å²) in [6, 6.07) is 15.5. The van der Waals surface area contributed by atoms with Crippen LogP contribution < -0.4 is 10.6 Å². The summed E-state index contributed by atoms with van der Waals surface area (Å²) in [6.45, 7) is 6.07. The molecule has 4 rings (SSSR count). The minimum atomic E-state index is -0.890. The van der Waals surface area contributed by atoms with Gasteiger partial charge in [-0.05, 0) is 71.0 Å². The van der Waals surface area contributed by atoms with Crippen LogP contribution in [0.1, 0.15) is 43.3 Å². The highest BCUT2D eigenvalue weighted by atomic mass is 32.1. The molecule has 0 aliphatic heterocycles. The summed E-state index contributed by atoms with van der Waals surface area (Å²) in [7, 11) is 3.69. The van der Waals surface area contributed by atoms with E-state index in [1.54, 1.807) is 0 Å². The SMILES string of the molecule is CN(C)CC(=O)Nc1ccc(-c2csc(CNC(=O)C3(CC(=O)OC(C)(C)C)Cc4ccccc4C3)n2)cc1. The van der Waals surface area contributed by atoms with E-state index in [2.05, 4.69) is 10.6 Å². The van der Waals surface area contributed by atoms with Crippen LogP contribution in [0.4, 0.5) is 5.69 Å². The van der Waals surface area contributed by atoms with Crippen LogP contribution in [-0.4, -0.2) is 53.9 Å². The minimum Gasteiger partial charge on any atom is -0.460 e. The van der Waals surface area contributed by atoms with Gasteiger partial charge in [0, 0.05) is 16.6 Å². The second-order valence-electron chi connectivity index (χ2n) is 11.3. The maximum atomic E-state index is 13.6. The van der Waals surface area contributed by atoms with Gasteiger partial charge >= 0.3 is 5.97 Å². The van der Waals surface area contributed by atoms with Crippen LogP contribution in [0.25, 0.3) is 11.3 Å². The van der Waals surface area contributed by atoms with E-state index in [-0.39, 0.29) is 30.7 Å². The summed E-state index contributed by atoms with van der Waals surface area (Å²) in [4.78, 5) is 44.9. The first-order valence-electron chi connectivity index (χ1n) is 13.0. The Bertz CT molecular complexity index is 1320. The number of nitrogens with one attached hydrogen (secondary N) is 2. The first-order chi connectivity index (χ1) is 18.4. The molecule has 0 radical (unpaired) electrons. The maximum Gasteiger partial charge on any atom is 0.307 e. The second kappa shape index (κ2) is 11.7. The van der Waals surface area contributed by atoms with Crippen molar-refractivity contribution in [3.63, 3.8) is 0 Å². The van der Waals surface area contributed by atoms with Crippen molar-refractivity contribution >= 4 is 34.8 Å². The van der Waals surface area contributed by atoms with Gasteiger partial charge in [0.2, 0.25) is 11.8 Å². The molecule has 1 aliphatic carbocycles. The number of esters is 1. The Hall–Kier alpha value is -3.56. The fraction of sp³-hybridized carbons (Fsp3) is 0.400. The van der Waals surface area contributed by atoms with Gasteiger partial charge in [0.25, 0.3) is 0 Å². The van der Waals surface area contributed by atoms with Gasteiger partial charge in [-0.15, -0.1) is 11.3 Å². The summed E-state index contributed by atoms with van der Waals surface area (Å²) >= 11 is 1.47. The van der Waals surface area contributed by atoms with Crippen molar-refractivity contribution in [2.24, 2.45) is 5.41 Å². The summed E-state index contributed by atoms with van der Waals surface area (Å²) in [6.07, 6.45) is 1.01. The molecule has 0 saturated carbocycles. The van der Waals surface area contributed by atoms with E-state index >= 15 is 0 Å². The topological polar surface area (TPSA) is 101 Å². The molecule has 1 aliphatic rings. The van der Waals surface area contributed by atoms with E-state index in [0.717, 1.165) is 33.1 Å². The van der Waals surface area contributed by atoms with E-state index < -0.39 is 11.0 Å². The Morgan fingerprint density at radius 2 is 1.67 bits per heavy atom. The first kappa shape index (κ1) is 28.4. The molecule has 0 fully saturated rings. The summed E-state index contributed by atoms with van der Waals surface area (Å²) in [5.41, 5.74) is 3.12. The number of benzene rings is 2. The highest BCUT2D eigenvalue weighted by molar-refractivity contribution is 7.09. The average Bonchev–Trinajstić information content (AvgIpc) is 3.46. The quantitative estimate of drug-likeness (QED) is 0.384. The highest BCUT2D eigenvalue weighted by Crippen LogP contribution is 2.41. The van der Waals surface area contributed by atoms with E-state index in [0.29, 0.717) is 19.4 Å². The van der Waals surface area contributed by atoms with Gasteiger partial charge in [0.05, 0.1) is 30.6 Å². The third-order valence-electron chi connectivity index (χ3n) is 6.44. The standard InChI is InChI=1S/C30H36N4O4S/c1-29(2,3)38-27(36)16-30(14-21-8-6-7-9-22(21)15-30)28(37)31-17-26-33-24(19-39-26)20-10-12-23(13-11-20)32-25(35)18-34(4)5/h6-13,19H,14-18H2,1-5H3,(H,31,37)(H,32,35). The molecule has 206 valence electrons. The number of thiazole rings is 1. The van der Waals surface area contributed by atoms with Crippen LogP contribution in [0.3, 0.4) is 0 Å². The van der Waals surface area contributed by atoms with E-state index in [1.807, 2.05) is 93.7 Å². The molecule has 9 heteroatoms. The molecule has 2 N–H and O–H groups in total. The molecule has 0 atom stereocenters. The van der Waals surface area contributed by atoms with Crippen LogP contribution in [0, 0.1) is 5.41 Å². The van der Waals surface area contributed by atoms with Crippen molar-refractivity contribution < 1.29 is 19.1 Å². The number of carbonyl (C=O) groups is 3. The number of hydrogen-bond donors (Lipinski definition) is 2. The predicted octanol–water partition coefficient (Wildman–Crippen LogP) is 4.44. The minimum absolute atomic E-state index is 0.0192. The zero-order chi connectivity index (χ0) is 28.2. The van der Waals surface area contributed by atoms with Crippen molar-refractivity contribution in [2.75, 3.05) is 26.0 Å². The first-order valence-corrected chi connectivity index (χ1v) is 13.9. The Balaban J connectivity index is 1.41. The third-order valence-corrected chi connectivity index (χ3v) is 7.29. The summed E-state index contributed by atoms with van der Waals surface area (Å²) in [5, 5.41) is 8.63. The molecule has 1 aromatic heterocycles. The predicted molar refractivity (Wildman–Crippen MR) is 153 cm³/mol. The van der Waals surface area contributed by atoms with Crippen molar-refractivity contribution in [1.29, 1.82) is 0 Å². The number of carbonyl (C=O) groups excluding carboxylic acids is 3. The van der Waals surface area contributed by atoms with Crippen molar-refractivity contribution in [3.8, 4) is 11.3 Å². The molecule has 0 unspecified atom stereocenters. The van der Waals surface area contributed by atoms with Gasteiger partial charge in [-0.3, -0.25) is 14.4 Å².